The van der Waals surface area contributed by atoms with Crippen LogP contribution in [0.1, 0.15) is 58.3 Å². The van der Waals surface area contributed by atoms with E-state index in [0.29, 0.717) is 19.3 Å². The summed E-state index contributed by atoms with van der Waals surface area (Å²) >= 11 is 0. The molecule has 0 aromatic rings. The molecule has 0 aliphatic carbocycles. The number of rotatable bonds is 14. The van der Waals surface area contributed by atoms with Crippen LogP contribution < -0.4 is 0 Å². The van der Waals surface area contributed by atoms with E-state index in [1.54, 1.807) is 6.08 Å². The standard InChI is InChI=1S/C20H28NO3/c1-2-3-4-5-6-7-8-11-14-17-20(21(23)24)18-15-12-9-10-13-16-19-22/h3-4,6-7,9,11-12,14,18H,2,5,8,10,13,15-17H2,1H3/b4-3+,7-6+,12-9+,14-11+,20-18-. The van der Waals surface area contributed by atoms with Crippen molar-refractivity contribution in [3.63, 3.8) is 0 Å². The van der Waals surface area contributed by atoms with Crippen molar-refractivity contribution in [1.82, 2.24) is 0 Å². The summed E-state index contributed by atoms with van der Waals surface area (Å²) in [6.45, 7) is 2.10. The average molecular weight is 330 g/mol. The predicted molar refractivity (Wildman–Crippen MR) is 99.9 cm³/mol. The number of carbonyl (C=O) groups excluding carboxylic acids is 1. The van der Waals surface area contributed by atoms with Gasteiger partial charge in [0.2, 0.25) is 5.70 Å². The quantitative estimate of drug-likeness (QED) is 0.180. The predicted octanol–water partition coefficient (Wildman–Crippen LogP) is 5.62. The van der Waals surface area contributed by atoms with Crippen molar-refractivity contribution in [3.8, 4) is 0 Å². The molecule has 0 aliphatic heterocycles. The van der Waals surface area contributed by atoms with Gasteiger partial charge in [-0.15, -0.1) is 0 Å². The molecule has 0 aliphatic rings. The van der Waals surface area contributed by atoms with Crippen molar-refractivity contribution in [2.45, 2.75) is 58.3 Å². The minimum Gasteiger partial charge on any atom is -0.291 e. The topological polar surface area (TPSA) is 60.2 Å². The summed E-state index contributed by atoms with van der Waals surface area (Å²) in [4.78, 5) is 20.7. The molecule has 0 aromatic carbocycles. The Bertz CT molecular complexity index is 485. The third-order valence-corrected chi connectivity index (χ3v) is 3.15. The Balaban J connectivity index is 4.08. The zero-order valence-corrected chi connectivity index (χ0v) is 14.5. The molecule has 0 saturated heterocycles. The third kappa shape index (κ3) is 14.7. The highest BCUT2D eigenvalue weighted by Crippen LogP contribution is 2.07. The molecule has 0 aromatic heterocycles. The highest BCUT2D eigenvalue weighted by atomic mass is 16.6. The van der Waals surface area contributed by atoms with Crippen LogP contribution >= 0.6 is 0 Å². The van der Waals surface area contributed by atoms with E-state index in [2.05, 4.69) is 31.2 Å². The molecule has 0 fully saturated rings. The number of unbranched alkanes of at least 4 members (excludes halogenated alkanes) is 2. The summed E-state index contributed by atoms with van der Waals surface area (Å²) < 4.78 is 0. The minimum atomic E-state index is -0.328. The Kier molecular flexibility index (Phi) is 15.5. The number of allylic oxidation sites excluding steroid dienone is 9. The average Bonchev–Trinajstić information content (AvgIpc) is 2.57. The Morgan fingerprint density at radius 1 is 0.958 bits per heavy atom. The molecular weight excluding hydrogens is 302 g/mol. The molecule has 4 nitrogen and oxygen atoms in total. The molecule has 24 heavy (non-hydrogen) atoms. The van der Waals surface area contributed by atoms with Crippen molar-refractivity contribution >= 4 is 6.29 Å². The minimum absolute atomic E-state index is 0.215. The monoisotopic (exact) mass is 330 g/mol. The highest BCUT2D eigenvalue weighted by Gasteiger charge is 2.06. The summed E-state index contributed by atoms with van der Waals surface area (Å²) in [7, 11) is 0. The number of nitro groups is 1. The summed E-state index contributed by atoms with van der Waals surface area (Å²) in [5.41, 5.74) is 0.215. The largest absolute Gasteiger partial charge is 0.291 e. The van der Waals surface area contributed by atoms with Crippen LogP contribution in [0, 0.1) is 10.1 Å². The van der Waals surface area contributed by atoms with Gasteiger partial charge in [-0.1, -0.05) is 55.5 Å². The lowest BCUT2D eigenvalue weighted by molar-refractivity contribution is -0.427. The van der Waals surface area contributed by atoms with Crippen LogP contribution in [0.2, 0.25) is 0 Å². The van der Waals surface area contributed by atoms with Crippen molar-refractivity contribution in [2.75, 3.05) is 0 Å². The maximum absolute atomic E-state index is 11.0. The van der Waals surface area contributed by atoms with Crippen LogP contribution in [0.25, 0.3) is 0 Å². The molecule has 0 saturated carbocycles. The van der Waals surface area contributed by atoms with Crippen molar-refractivity contribution in [1.29, 1.82) is 0 Å². The summed E-state index contributed by atoms with van der Waals surface area (Å²) in [5.74, 6) is 0. The Morgan fingerprint density at radius 3 is 2.21 bits per heavy atom. The highest BCUT2D eigenvalue weighted by molar-refractivity contribution is 5.50. The van der Waals surface area contributed by atoms with Crippen LogP contribution in [0.3, 0.4) is 0 Å². The molecule has 0 spiro atoms. The van der Waals surface area contributed by atoms with E-state index >= 15 is 0 Å². The van der Waals surface area contributed by atoms with Gasteiger partial charge in [0.1, 0.15) is 0 Å². The molecule has 4 heteroatoms. The first kappa shape index (κ1) is 21.8. The number of nitrogens with zero attached hydrogens (tertiary/aromatic N) is 1. The van der Waals surface area contributed by atoms with Crippen LogP contribution in [0.5, 0.6) is 0 Å². The second kappa shape index (κ2) is 17.1. The van der Waals surface area contributed by atoms with Gasteiger partial charge in [0.15, 0.2) is 6.29 Å². The molecule has 0 atom stereocenters. The van der Waals surface area contributed by atoms with Gasteiger partial charge in [-0.25, -0.2) is 0 Å². The van der Waals surface area contributed by atoms with Gasteiger partial charge in [-0.05, 0) is 44.6 Å². The van der Waals surface area contributed by atoms with E-state index in [1.807, 2.05) is 30.6 Å². The van der Waals surface area contributed by atoms with Crippen molar-refractivity contribution in [3.05, 3.63) is 70.5 Å². The maximum atomic E-state index is 11.0. The van der Waals surface area contributed by atoms with E-state index in [9.17, 15) is 14.9 Å². The fraction of sp³-hybridized carbons (Fsp3) is 0.450. The zero-order valence-electron chi connectivity index (χ0n) is 14.5. The fourth-order valence-electron chi connectivity index (χ4n) is 1.86. The van der Waals surface area contributed by atoms with E-state index in [4.69, 9.17) is 0 Å². The lowest BCUT2D eigenvalue weighted by Crippen LogP contribution is -1.97. The van der Waals surface area contributed by atoms with Crippen LogP contribution in [0.15, 0.2) is 60.4 Å². The Hall–Kier alpha value is -2.23. The van der Waals surface area contributed by atoms with E-state index in [1.165, 1.54) is 0 Å². The zero-order chi connectivity index (χ0) is 17.9. The Labute approximate surface area is 145 Å². The van der Waals surface area contributed by atoms with Crippen molar-refractivity contribution < 1.29 is 9.72 Å². The third-order valence-electron chi connectivity index (χ3n) is 3.15. The van der Waals surface area contributed by atoms with Crippen LogP contribution in [-0.4, -0.2) is 11.2 Å². The molecule has 0 N–H and O–H groups in total. The van der Waals surface area contributed by atoms with E-state index in [0.717, 1.165) is 32.1 Å². The molecule has 0 heterocycles. The van der Waals surface area contributed by atoms with Gasteiger partial charge in [0.05, 0.1) is 11.3 Å². The van der Waals surface area contributed by atoms with Gasteiger partial charge in [-0.2, -0.15) is 0 Å². The van der Waals surface area contributed by atoms with Gasteiger partial charge >= 0.3 is 0 Å². The normalized spacial score (nSPS) is 13.0. The molecule has 0 bridgehead atoms. The molecule has 1 radical (unpaired) electrons. The van der Waals surface area contributed by atoms with Crippen molar-refractivity contribution in [2.24, 2.45) is 0 Å². The first-order valence-electron chi connectivity index (χ1n) is 8.50. The summed E-state index contributed by atoms with van der Waals surface area (Å²) in [5, 5.41) is 11.0. The SMILES string of the molecule is CC/C=C/C/C=C/C/C=C/C/C(=C/C/C=C/CCC[C]=O)[N+](=O)[O-]. The first-order valence-corrected chi connectivity index (χ1v) is 8.50. The summed E-state index contributed by atoms with van der Waals surface area (Å²) in [6.07, 6.45) is 25.2. The first-order chi connectivity index (χ1) is 11.7. The van der Waals surface area contributed by atoms with Crippen LogP contribution in [0.4, 0.5) is 0 Å². The lowest BCUT2D eigenvalue weighted by Gasteiger charge is -1.93. The molecule has 0 amide bonds. The number of hydrogen-bond donors (Lipinski definition) is 0. The maximum Gasteiger partial charge on any atom is 0.246 e. The second-order valence-corrected chi connectivity index (χ2v) is 5.19. The molecule has 131 valence electrons. The second-order valence-electron chi connectivity index (χ2n) is 5.19. The molecule has 0 rings (SSSR count). The van der Waals surface area contributed by atoms with E-state index < -0.39 is 0 Å². The lowest BCUT2D eigenvalue weighted by atomic mass is 10.2. The Morgan fingerprint density at radius 2 is 1.58 bits per heavy atom. The van der Waals surface area contributed by atoms with Gasteiger partial charge in [0, 0.05) is 6.42 Å². The number of hydrogen-bond acceptors (Lipinski definition) is 3. The van der Waals surface area contributed by atoms with Gasteiger partial charge in [0.25, 0.3) is 0 Å². The molecular formula is C20H28NO3. The van der Waals surface area contributed by atoms with Gasteiger partial charge in [-0.3, -0.25) is 14.9 Å². The van der Waals surface area contributed by atoms with Crippen LogP contribution in [-0.2, 0) is 4.79 Å². The summed E-state index contributed by atoms with van der Waals surface area (Å²) in [6, 6.07) is 0. The van der Waals surface area contributed by atoms with E-state index in [-0.39, 0.29) is 10.6 Å². The molecule has 0 unspecified atom stereocenters. The fourth-order valence-corrected chi connectivity index (χ4v) is 1.86. The van der Waals surface area contributed by atoms with Gasteiger partial charge < -0.3 is 0 Å². The smallest absolute Gasteiger partial charge is 0.246 e.